The lowest BCUT2D eigenvalue weighted by Crippen LogP contribution is -2.17. The Morgan fingerprint density at radius 1 is 1.19 bits per heavy atom. The number of aromatic nitrogens is 3. The van der Waals surface area contributed by atoms with E-state index in [9.17, 15) is 0 Å². The number of fused-ring (bicyclic) bond motifs is 1. The molecule has 3 aromatic rings. The van der Waals surface area contributed by atoms with Crippen molar-refractivity contribution in [3.63, 3.8) is 0 Å². The van der Waals surface area contributed by atoms with E-state index in [1.54, 1.807) is 0 Å². The molecule has 0 N–H and O–H groups in total. The van der Waals surface area contributed by atoms with E-state index in [2.05, 4.69) is 33.1 Å². The maximum Gasteiger partial charge on any atom is 0.209 e. The van der Waals surface area contributed by atoms with Crippen LogP contribution in [0.15, 0.2) is 28.7 Å². The van der Waals surface area contributed by atoms with Gasteiger partial charge in [0.15, 0.2) is 5.58 Å². The van der Waals surface area contributed by atoms with Gasteiger partial charge in [0.2, 0.25) is 5.89 Å². The van der Waals surface area contributed by atoms with Crippen molar-refractivity contribution < 1.29 is 4.42 Å². The summed E-state index contributed by atoms with van der Waals surface area (Å²) in [5.74, 6) is 2.02. The van der Waals surface area contributed by atoms with Gasteiger partial charge in [-0.15, -0.1) is 0 Å². The number of oxazole rings is 1. The first kappa shape index (κ1) is 14.2. The fourth-order valence-electron chi connectivity index (χ4n) is 2.07. The lowest BCUT2D eigenvalue weighted by atomic mass is 10.2. The molecule has 0 aliphatic heterocycles. The molecule has 0 aliphatic rings. The highest BCUT2D eigenvalue weighted by Crippen LogP contribution is 2.18. The second kappa shape index (κ2) is 5.91. The van der Waals surface area contributed by atoms with E-state index in [-0.39, 0.29) is 0 Å². The largest absolute Gasteiger partial charge is 0.439 e. The summed E-state index contributed by atoms with van der Waals surface area (Å²) < 4.78 is 10.1. The van der Waals surface area contributed by atoms with Crippen LogP contribution in [-0.2, 0) is 13.1 Å². The number of hydrogen-bond acceptors (Lipinski definition) is 6. The Morgan fingerprint density at radius 3 is 2.71 bits per heavy atom. The molecule has 1 aromatic carbocycles. The summed E-state index contributed by atoms with van der Waals surface area (Å²) in [6.45, 7) is 5.62. The van der Waals surface area contributed by atoms with E-state index < -0.39 is 0 Å². The fraction of sp³-hybridized carbons (Fsp3) is 0.400. The number of nitrogens with zero attached hydrogens (tertiary/aromatic N) is 4. The Morgan fingerprint density at radius 2 is 2.00 bits per heavy atom. The third-order valence-electron chi connectivity index (χ3n) is 3.15. The molecular weight excluding hydrogens is 284 g/mol. The Kier molecular flexibility index (Phi) is 3.98. The lowest BCUT2D eigenvalue weighted by Gasteiger charge is -2.11. The summed E-state index contributed by atoms with van der Waals surface area (Å²) in [4.78, 5) is 11.2. The van der Waals surface area contributed by atoms with Crippen molar-refractivity contribution in [2.24, 2.45) is 0 Å². The third-order valence-corrected chi connectivity index (χ3v) is 3.86. The van der Waals surface area contributed by atoms with Gasteiger partial charge in [-0.1, -0.05) is 26.0 Å². The van der Waals surface area contributed by atoms with Gasteiger partial charge in [0.05, 0.1) is 13.1 Å². The predicted molar refractivity (Wildman–Crippen MR) is 83.2 cm³/mol. The van der Waals surface area contributed by atoms with Gasteiger partial charge in [-0.25, -0.2) is 9.97 Å². The molecule has 0 aliphatic carbocycles. The van der Waals surface area contributed by atoms with Crippen molar-refractivity contribution >= 4 is 22.6 Å². The molecule has 0 spiro atoms. The van der Waals surface area contributed by atoms with Crippen molar-refractivity contribution in [3.05, 3.63) is 41.0 Å². The number of para-hydroxylation sites is 2. The SMILES string of the molecule is CC(C)c1nsc(CN(C)Cc2nc3ccccc3o2)n1. The van der Waals surface area contributed by atoms with E-state index in [0.717, 1.165) is 34.4 Å². The molecule has 0 atom stereocenters. The minimum atomic E-state index is 0.373. The molecule has 3 rings (SSSR count). The Hall–Kier alpha value is -1.79. The molecule has 21 heavy (non-hydrogen) atoms. The van der Waals surface area contributed by atoms with Crippen LogP contribution < -0.4 is 0 Å². The minimum absolute atomic E-state index is 0.373. The maximum atomic E-state index is 5.73. The molecule has 0 amide bonds. The van der Waals surface area contributed by atoms with E-state index in [1.807, 2.05) is 31.3 Å². The minimum Gasteiger partial charge on any atom is -0.439 e. The standard InChI is InChI=1S/C15H18N4OS/c1-10(2)15-17-14(21-18-15)9-19(3)8-13-16-11-6-4-5-7-12(11)20-13/h4-7,10H,8-9H2,1-3H3. The number of rotatable bonds is 5. The van der Waals surface area contributed by atoms with Gasteiger partial charge in [0, 0.05) is 5.92 Å². The van der Waals surface area contributed by atoms with Crippen LogP contribution >= 0.6 is 11.5 Å². The van der Waals surface area contributed by atoms with E-state index >= 15 is 0 Å². The van der Waals surface area contributed by atoms with Gasteiger partial charge in [-0.2, -0.15) is 4.37 Å². The van der Waals surface area contributed by atoms with Crippen molar-refractivity contribution in [2.45, 2.75) is 32.9 Å². The lowest BCUT2D eigenvalue weighted by molar-refractivity contribution is 0.285. The van der Waals surface area contributed by atoms with Crippen LogP contribution in [0, 0.1) is 0 Å². The smallest absolute Gasteiger partial charge is 0.209 e. The monoisotopic (exact) mass is 302 g/mol. The number of benzene rings is 1. The first-order valence-corrected chi connectivity index (χ1v) is 7.74. The van der Waals surface area contributed by atoms with Gasteiger partial charge in [-0.3, -0.25) is 4.90 Å². The van der Waals surface area contributed by atoms with Gasteiger partial charge in [-0.05, 0) is 30.7 Å². The topological polar surface area (TPSA) is 55.1 Å². The third kappa shape index (κ3) is 3.28. The van der Waals surface area contributed by atoms with Gasteiger partial charge >= 0.3 is 0 Å². The van der Waals surface area contributed by atoms with Gasteiger partial charge in [0.1, 0.15) is 16.3 Å². The molecule has 0 unspecified atom stereocenters. The molecule has 5 nitrogen and oxygen atoms in total. The van der Waals surface area contributed by atoms with Crippen LogP contribution in [0.3, 0.4) is 0 Å². The van der Waals surface area contributed by atoms with Crippen LogP contribution in [0.1, 0.15) is 36.5 Å². The first-order valence-electron chi connectivity index (χ1n) is 6.97. The van der Waals surface area contributed by atoms with Gasteiger partial charge < -0.3 is 4.42 Å². The highest BCUT2D eigenvalue weighted by molar-refractivity contribution is 7.05. The number of hydrogen-bond donors (Lipinski definition) is 0. The zero-order valence-corrected chi connectivity index (χ0v) is 13.2. The Labute approximate surface area is 127 Å². The van der Waals surface area contributed by atoms with Crippen molar-refractivity contribution in [1.29, 1.82) is 0 Å². The average molecular weight is 302 g/mol. The molecule has 0 saturated carbocycles. The van der Waals surface area contributed by atoms with Crippen molar-refractivity contribution in [2.75, 3.05) is 7.05 Å². The molecule has 6 heteroatoms. The molecule has 0 bridgehead atoms. The molecule has 2 aromatic heterocycles. The van der Waals surface area contributed by atoms with E-state index in [1.165, 1.54) is 11.5 Å². The molecular formula is C15H18N4OS. The first-order chi connectivity index (χ1) is 10.1. The second-order valence-electron chi connectivity index (χ2n) is 5.45. The van der Waals surface area contributed by atoms with Crippen molar-refractivity contribution in [3.8, 4) is 0 Å². The normalized spacial score (nSPS) is 11.9. The van der Waals surface area contributed by atoms with Gasteiger partial charge in [0.25, 0.3) is 0 Å². The van der Waals surface area contributed by atoms with Crippen LogP contribution in [0.4, 0.5) is 0 Å². The Balaban J connectivity index is 1.66. The quantitative estimate of drug-likeness (QED) is 0.722. The van der Waals surface area contributed by atoms with Crippen LogP contribution in [0.2, 0.25) is 0 Å². The average Bonchev–Trinajstić information content (AvgIpc) is 3.04. The zero-order chi connectivity index (χ0) is 14.8. The molecule has 110 valence electrons. The van der Waals surface area contributed by atoms with Crippen molar-refractivity contribution in [1.82, 2.24) is 19.2 Å². The summed E-state index contributed by atoms with van der Waals surface area (Å²) in [6, 6.07) is 7.82. The molecule has 2 heterocycles. The zero-order valence-electron chi connectivity index (χ0n) is 12.4. The summed E-state index contributed by atoms with van der Waals surface area (Å²) in [6.07, 6.45) is 0. The Bertz CT molecular complexity index is 701. The van der Waals surface area contributed by atoms with Crippen LogP contribution in [0.5, 0.6) is 0 Å². The predicted octanol–water partition coefficient (Wildman–Crippen LogP) is 3.43. The molecule has 0 radical (unpaired) electrons. The highest BCUT2D eigenvalue weighted by atomic mass is 32.1. The summed E-state index contributed by atoms with van der Waals surface area (Å²) in [7, 11) is 2.03. The molecule has 0 fully saturated rings. The maximum absolute atomic E-state index is 5.73. The summed E-state index contributed by atoms with van der Waals surface area (Å²) in [5.41, 5.74) is 1.73. The summed E-state index contributed by atoms with van der Waals surface area (Å²) in [5, 5.41) is 1.03. The highest BCUT2D eigenvalue weighted by Gasteiger charge is 2.12. The van der Waals surface area contributed by atoms with E-state index in [4.69, 9.17) is 4.42 Å². The fourth-order valence-corrected chi connectivity index (χ4v) is 2.94. The second-order valence-corrected chi connectivity index (χ2v) is 6.29. The molecule has 0 saturated heterocycles. The van der Waals surface area contributed by atoms with Crippen LogP contribution in [-0.4, -0.2) is 26.3 Å². The van der Waals surface area contributed by atoms with Crippen LogP contribution in [0.25, 0.3) is 11.1 Å². The van der Waals surface area contributed by atoms with E-state index in [0.29, 0.717) is 12.5 Å². The summed E-state index contributed by atoms with van der Waals surface area (Å²) >= 11 is 1.47.